The summed E-state index contributed by atoms with van der Waals surface area (Å²) in [6.45, 7) is 1.79. The van der Waals surface area contributed by atoms with Crippen LogP contribution in [0, 0.1) is 22.1 Å². The first-order chi connectivity index (χ1) is 6.11. The maximum atomic E-state index is 13.2. The molecule has 68 valence electrons. The third-order valence-electron chi connectivity index (χ3n) is 1.96. The molecule has 1 aromatic carbocycles. The van der Waals surface area contributed by atoms with E-state index in [1.807, 2.05) is 22.6 Å². The molecule has 2 aromatic rings. The van der Waals surface area contributed by atoms with Crippen LogP contribution in [0.3, 0.4) is 0 Å². The van der Waals surface area contributed by atoms with Gasteiger partial charge in [-0.2, -0.15) is 0 Å². The highest BCUT2D eigenvalue weighted by Gasteiger charge is 2.13. The summed E-state index contributed by atoms with van der Waals surface area (Å²) in [5, 5.41) is 0.345. The minimum atomic E-state index is -0.414. The van der Waals surface area contributed by atoms with Crippen LogP contribution in [0.15, 0.2) is 12.1 Å². The molecule has 0 bridgehead atoms. The van der Waals surface area contributed by atoms with Gasteiger partial charge in [-0.05, 0) is 41.6 Å². The van der Waals surface area contributed by atoms with Gasteiger partial charge in [0.2, 0.25) is 0 Å². The number of H-pyrrole nitrogens is 1. The molecule has 0 amide bonds. The standard InChI is InChI=1S/C9H6F2IN/c1-4-8(12)7-5(10)2-3-6(11)9(7)13-4/h2-3,13H,1H3. The second kappa shape index (κ2) is 2.94. The third-order valence-corrected chi connectivity index (χ3v) is 3.31. The van der Waals surface area contributed by atoms with Gasteiger partial charge in [0, 0.05) is 9.26 Å². The number of hydrogen-bond donors (Lipinski definition) is 1. The van der Waals surface area contributed by atoms with Crippen molar-refractivity contribution in [3.63, 3.8) is 0 Å². The van der Waals surface area contributed by atoms with Crippen LogP contribution >= 0.6 is 22.6 Å². The predicted molar refractivity (Wildman–Crippen MR) is 55.7 cm³/mol. The van der Waals surface area contributed by atoms with Crippen molar-refractivity contribution in [1.82, 2.24) is 4.98 Å². The maximum Gasteiger partial charge on any atom is 0.147 e. The van der Waals surface area contributed by atoms with Gasteiger partial charge < -0.3 is 4.98 Å². The first-order valence-corrected chi connectivity index (χ1v) is 4.81. The van der Waals surface area contributed by atoms with E-state index < -0.39 is 5.82 Å². The Morgan fingerprint density at radius 1 is 1.23 bits per heavy atom. The number of fused-ring (bicyclic) bond motifs is 1. The van der Waals surface area contributed by atoms with Crippen LogP contribution < -0.4 is 0 Å². The number of halogens is 3. The average Bonchev–Trinajstić information content (AvgIpc) is 2.38. The number of aromatic amines is 1. The fraction of sp³-hybridized carbons (Fsp3) is 0.111. The van der Waals surface area contributed by atoms with Crippen LogP contribution in [0.4, 0.5) is 8.78 Å². The molecule has 1 nitrogen and oxygen atoms in total. The minimum Gasteiger partial charge on any atom is -0.355 e. The second-order valence-corrected chi connectivity index (χ2v) is 3.92. The normalized spacial score (nSPS) is 11.1. The zero-order valence-electron chi connectivity index (χ0n) is 6.79. The van der Waals surface area contributed by atoms with Crippen LogP contribution in [0.2, 0.25) is 0 Å². The summed E-state index contributed by atoms with van der Waals surface area (Å²) in [5.41, 5.74) is 1.04. The Hall–Kier alpha value is -0.650. The topological polar surface area (TPSA) is 15.8 Å². The van der Waals surface area contributed by atoms with Gasteiger partial charge >= 0.3 is 0 Å². The lowest BCUT2D eigenvalue weighted by Crippen LogP contribution is -1.81. The van der Waals surface area contributed by atoms with Crippen molar-refractivity contribution >= 4 is 33.5 Å². The van der Waals surface area contributed by atoms with E-state index in [4.69, 9.17) is 0 Å². The fourth-order valence-corrected chi connectivity index (χ4v) is 1.98. The summed E-state index contributed by atoms with van der Waals surface area (Å²) in [4.78, 5) is 2.81. The van der Waals surface area contributed by atoms with Crippen LogP contribution in [-0.2, 0) is 0 Å². The van der Waals surface area contributed by atoms with E-state index >= 15 is 0 Å². The zero-order valence-corrected chi connectivity index (χ0v) is 8.95. The quantitative estimate of drug-likeness (QED) is 0.717. The number of nitrogens with one attached hydrogen (secondary N) is 1. The molecule has 4 heteroatoms. The van der Waals surface area contributed by atoms with Crippen molar-refractivity contribution in [1.29, 1.82) is 0 Å². The Morgan fingerprint density at radius 3 is 2.46 bits per heavy atom. The van der Waals surface area contributed by atoms with E-state index in [1.54, 1.807) is 6.92 Å². The molecule has 1 N–H and O–H groups in total. The van der Waals surface area contributed by atoms with E-state index in [0.29, 0.717) is 5.39 Å². The monoisotopic (exact) mass is 293 g/mol. The predicted octanol–water partition coefficient (Wildman–Crippen LogP) is 3.36. The van der Waals surface area contributed by atoms with Gasteiger partial charge in [-0.25, -0.2) is 8.78 Å². The molecule has 1 aromatic heterocycles. The molecule has 2 rings (SSSR count). The first-order valence-electron chi connectivity index (χ1n) is 3.73. The smallest absolute Gasteiger partial charge is 0.147 e. The van der Waals surface area contributed by atoms with Crippen molar-refractivity contribution in [2.24, 2.45) is 0 Å². The summed E-state index contributed by atoms with van der Waals surface area (Å²) < 4.78 is 27.1. The number of aromatic nitrogens is 1. The molecule has 0 aliphatic heterocycles. The van der Waals surface area contributed by atoms with Gasteiger partial charge in [0.25, 0.3) is 0 Å². The molecule has 1 heterocycles. The molecule has 0 aliphatic rings. The van der Waals surface area contributed by atoms with Gasteiger partial charge in [0.05, 0.1) is 10.9 Å². The Labute approximate surface area is 87.3 Å². The van der Waals surface area contributed by atoms with Crippen LogP contribution in [-0.4, -0.2) is 4.98 Å². The van der Waals surface area contributed by atoms with E-state index in [9.17, 15) is 8.78 Å². The summed E-state index contributed by atoms with van der Waals surface area (Å²) in [6.07, 6.45) is 0. The van der Waals surface area contributed by atoms with E-state index in [-0.39, 0.29) is 11.3 Å². The van der Waals surface area contributed by atoms with E-state index in [2.05, 4.69) is 4.98 Å². The van der Waals surface area contributed by atoms with Crippen LogP contribution in [0.5, 0.6) is 0 Å². The molecule has 0 saturated heterocycles. The van der Waals surface area contributed by atoms with Gasteiger partial charge in [-0.1, -0.05) is 0 Å². The molecule has 0 atom stereocenters. The Bertz CT molecular complexity index is 476. The molecule has 0 aliphatic carbocycles. The molecule has 0 unspecified atom stereocenters. The largest absolute Gasteiger partial charge is 0.355 e. The summed E-state index contributed by atoms with van der Waals surface area (Å²) in [5.74, 6) is -0.799. The van der Waals surface area contributed by atoms with Gasteiger partial charge in [0.1, 0.15) is 11.6 Å². The number of hydrogen-bond acceptors (Lipinski definition) is 0. The molecule has 0 radical (unpaired) electrons. The highest BCUT2D eigenvalue weighted by Crippen LogP contribution is 2.27. The molecular weight excluding hydrogens is 287 g/mol. The Kier molecular flexibility index (Phi) is 2.02. The molecule has 0 saturated carbocycles. The Morgan fingerprint density at radius 2 is 1.85 bits per heavy atom. The molecule has 0 fully saturated rings. The average molecular weight is 293 g/mol. The second-order valence-electron chi connectivity index (χ2n) is 2.84. The highest BCUT2D eigenvalue weighted by atomic mass is 127. The molecular formula is C9H6F2IN. The van der Waals surface area contributed by atoms with Crippen LogP contribution in [0.25, 0.3) is 10.9 Å². The molecule has 0 spiro atoms. The fourth-order valence-electron chi connectivity index (χ4n) is 1.32. The van der Waals surface area contributed by atoms with E-state index in [1.165, 1.54) is 0 Å². The minimum absolute atomic E-state index is 0.252. The van der Waals surface area contributed by atoms with Gasteiger partial charge in [-0.3, -0.25) is 0 Å². The number of benzene rings is 1. The maximum absolute atomic E-state index is 13.2. The van der Waals surface area contributed by atoms with Gasteiger partial charge in [0.15, 0.2) is 0 Å². The lowest BCUT2D eigenvalue weighted by molar-refractivity contribution is 0.616. The van der Waals surface area contributed by atoms with Crippen molar-refractivity contribution in [2.45, 2.75) is 6.92 Å². The SMILES string of the molecule is Cc1[nH]c2c(F)ccc(F)c2c1I. The van der Waals surface area contributed by atoms with Crippen molar-refractivity contribution in [3.8, 4) is 0 Å². The summed E-state index contributed by atoms with van der Waals surface area (Å²) >= 11 is 2.00. The van der Waals surface area contributed by atoms with Crippen LogP contribution in [0.1, 0.15) is 5.69 Å². The van der Waals surface area contributed by atoms with Crippen molar-refractivity contribution in [3.05, 3.63) is 33.0 Å². The highest BCUT2D eigenvalue weighted by molar-refractivity contribution is 14.1. The van der Waals surface area contributed by atoms with Crippen molar-refractivity contribution < 1.29 is 8.78 Å². The first kappa shape index (κ1) is 8.93. The number of rotatable bonds is 0. The Balaban J connectivity index is 3.00. The summed E-state index contributed by atoms with van der Waals surface area (Å²) in [7, 11) is 0. The summed E-state index contributed by atoms with van der Waals surface area (Å²) in [6, 6.07) is 2.27. The number of aryl methyl sites for hydroxylation is 1. The van der Waals surface area contributed by atoms with Gasteiger partial charge in [-0.15, -0.1) is 0 Å². The lowest BCUT2D eigenvalue weighted by Gasteiger charge is -1.94. The van der Waals surface area contributed by atoms with E-state index in [0.717, 1.165) is 21.4 Å². The molecule has 13 heavy (non-hydrogen) atoms. The zero-order chi connectivity index (χ0) is 9.59. The lowest BCUT2D eigenvalue weighted by atomic mass is 10.2. The van der Waals surface area contributed by atoms with Crippen molar-refractivity contribution in [2.75, 3.05) is 0 Å². The third kappa shape index (κ3) is 1.23.